The van der Waals surface area contributed by atoms with E-state index >= 15 is 0 Å². The number of oxime groups is 1. The fraction of sp³-hybridized carbons (Fsp3) is 0.333. The molecule has 0 bridgehead atoms. The summed E-state index contributed by atoms with van der Waals surface area (Å²) in [5, 5.41) is 6.20. The Morgan fingerprint density at radius 2 is 2.06 bits per heavy atom. The first-order valence-electron chi connectivity index (χ1n) is 5.29. The first kappa shape index (κ1) is 12.2. The Labute approximate surface area is 95.3 Å². The van der Waals surface area contributed by atoms with E-state index in [0.29, 0.717) is 0 Å². The monoisotopic (exact) mass is 220 g/mol. The van der Waals surface area contributed by atoms with E-state index in [1.807, 2.05) is 30.3 Å². The second kappa shape index (κ2) is 6.61. The predicted octanol–water partition coefficient (Wildman–Crippen LogP) is 2.55. The van der Waals surface area contributed by atoms with Crippen LogP contribution in [0.4, 0.5) is 4.79 Å². The topological polar surface area (TPSA) is 50.7 Å². The van der Waals surface area contributed by atoms with Crippen molar-refractivity contribution in [2.75, 3.05) is 7.05 Å². The standard InChI is InChI=1S/C12H16N2O2/c1-3-7-11(14-16-12(15)13-2)10-8-5-4-6-9-10/h4-6,8-9H,3,7H2,1-2H3,(H,13,15)/b14-11+. The van der Waals surface area contributed by atoms with Gasteiger partial charge in [-0.05, 0) is 12.0 Å². The Balaban J connectivity index is 2.78. The zero-order valence-corrected chi connectivity index (χ0v) is 9.56. The Morgan fingerprint density at radius 3 is 2.62 bits per heavy atom. The van der Waals surface area contributed by atoms with Crippen molar-refractivity contribution in [1.82, 2.24) is 5.32 Å². The van der Waals surface area contributed by atoms with Crippen molar-refractivity contribution in [1.29, 1.82) is 0 Å². The number of amides is 1. The largest absolute Gasteiger partial charge is 0.433 e. The highest BCUT2D eigenvalue weighted by molar-refractivity contribution is 6.00. The van der Waals surface area contributed by atoms with Crippen molar-refractivity contribution in [3.05, 3.63) is 35.9 Å². The highest BCUT2D eigenvalue weighted by atomic mass is 16.7. The number of carbonyl (C=O) groups excluding carboxylic acids is 1. The van der Waals surface area contributed by atoms with Crippen LogP contribution >= 0.6 is 0 Å². The van der Waals surface area contributed by atoms with Gasteiger partial charge in [-0.3, -0.25) is 4.84 Å². The lowest BCUT2D eigenvalue weighted by molar-refractivity contribution is 0.153. The summed E-state index contributed by atoms with van der Waals surface area (Å²) >= 11 is 0. The molecule has 16 heavy (non-hydrogen) atoms. The number of benzene rings is 1. The summed E-state index contributed by atoms with van der Waals surface area (Å²) < 4.78 is 0. The molecule has 0 radical (unpaired) electrons. The summed E-state index contributed by atoms with van der Waals surface area (Å²) in [5.41, 5.74) is 1.76. The summed E-state index contributed by atoms with van der Waals surface area (Å²) in [6.07, 6.45) is 1.18. The van der Waals surface area contributed by atoms with Gasteiger partial charge in [0.15, 0.2) is 0 Å². The van der Waals surface area contributed by atoms with Crippen LogP contribution in [0.3, 0.4) is 0 Å². The lowest BCUT2D eigenvalue weighted by Gasteiger charge is -2.04. The molecule has 0 unspecified atom stereocenters. The molecule has 1 aromatic rings. The van der Waals surface area contributed by atoms with Crippen LogP contribution in [0.2, 0.25) is 0 Å². The van der Waals surface area contributed by atoms with Crippen molar-refractivity contribution >= 4 is 11.8 Å². The summed E-state index contributed by atoms with van der Waals surface area (Å²) in [6.45, 7) is 2.05. The molecule has 1 rings (SSSR count). The van der Waals surface area contributed by atoms with Crippen LogP contribution in [0.1, 0.15) is 25.3 Å². The summed E-state index contributed by atoms with van der Waals surface area (Å²) in [5.74, 6) is 0. The van der Waals surface area contributed by atoms with Gasteiger partial charge >= 0.3 is 6.09 Å². The van der Waals surface area contributed by atoms with Gasteiger partial charge in [-0.1, -0.05) is 48.8 Å². The van der Waals surface area contributed by atoms with Crippen molar-refractivity contribution in [3.63, 3.8) is 0 Å². The molecule has 1 amide bonds. The number of carbonyl (C=O) groups is 1. The normalized spacial score (nSPS) is 11.0. The van der Waals surface area contributed by atoms with Crippen LogP contribution < -0.4 is 5.32 Å². The third-order valence-electron chi connectivity index (χ3n) is 2.04. The molecule has 0 heterocycles. The van der Waals surface area contributed by atoms with Crippen LogP contribution in [0, 0.1) is 0 Å². The molecule has 4 nitrogen and oxygen atoms in total. The van der Waals surface area contributed by atoms with Gasteiger partial charge < -0.3 is 5.32 Å². The maximum Gasteiger partial charge on any atom is 0.433 e. The quantitative estimate of drug-likeness (QED) is 0.481. The molecule has 0 saturated heterocycles. The van der Waals surface area contributed by atoms with Gasteiger partial charge in [-0.15, -0.1) is 0 Å². The minimum absolute atomic E-state index is 0.551. The molecule has 86 valence electrons. The van der Waals surface area contributed by atoms with Gasteiger partial charge in [0.1, 0.15) is 0 Å². The van der Waals surface area contributed by atoms with Gasteiger partial charge in [0.05, 0.1) is 5.71 Å². The number of hydrogen-bond donors (Lipinski definition) is 1. The molecule has 1 N–H and O–H groups in total. The molecule has 0 atom stereocenters. The first-order valence-corrected chi connectivity index (χ1v) is 5.29. The van der Waals surface area contributed by atoms with E-state index in [-0.39, 0.29) is 0 Å². The Bertz CT molecular complexity index is 361. The van der Waals surface area contributed by atoms with E-state index in [0.717, 1.165) is 24.1 Å². The molecule has 0 saturated carbocycles. The lowest BCUT2D eigenvalue weighted by Crippen LogP contribution is -2.17. The van der Waals surface area contributed by atoms with Crippen LogP contribution in [0.15, 0.2) is 35.5 Å². The molecule has 0 aromatic heterocycles. The van der Waals surface area contributed by atoms with Gasteiger partial charge in [-0.2, -0.15) is 0 Å². The van der Waals surface area contributed by atoms with Crippen LogP contribution in [-0.2, 0) is 4.84 Å². The predicted molar refractivity (Wildman–Crippen MR) is 63.4 cm³/mol. The minimum atomic E-state index is -0.551. The van der Waals surface area contributed by atoms with Crippen molar-refractivity contribution < 1.29 is 9.63 Å². The van der Waals surface area contributed by atoms with Crippen molar-refractivity contribution in [2.24, 2.45) is 5.16 Å². The van der Waals surface area contributed by atoms with Crippen LogP contribution in [-0.4, -0.2) is 18.9 Å². The van der Waals surface area contributed by atoms with E-state index in [4.69, 9.17) is 4.84 Å². The number of nitrogens with one attached hydrogen (secondary N) is 1. The van der Waals surface area contributed by atoms with E-state index in [1.165, 1.54) is 7.05 Å². The molecule has 0 aliphatic rings. The van der Waals surface area contributed by atoms with E-state index < -0.39 is 6.09 Å². The van der Waals surface area contributed by atoms with Gasteiger partial charge in [0.25, 0.3) is 0 Å². The number of hydrogen-bond acceptors (Lipinski definition) is 3. The average molecular weight is 220 g/mol. The number of nitrogens with zero attached hydrogens (tertiary/aromatic N) is 1. The molecule has 4 heteroatoms. The SMILES string of the molecule is CCC/C(=N\OC(=O)NC)c1ccccc1. The van der Waals surface area contributed by atoms with Crippen molar-refractivity contribution in [2.45, 2.75) is 19.8 Å². The zero-order chi connectivity index (χ0) is 11.8. The number of rotatable bonds is 4. The van der Waals surface area contributed by atoms with Gasteiger partial charge in [-0.25, -0.2) is 4.79 Å². The molecule has 0 aliphatic heterocycles. The fourth-order valence-electron chi connectivity index (χ4n) is 1.25. The Morgan fingerprint density at radius 1 is 1.38 bits per heavy atom. The summed E-state index contributed by atoms with van der Waals surface area (Å²) in [4.78, 5) is 15.6. The van der Waals surface area contributed by atoms with Gasteiger partial charge in [0.2, 0.25) is 0 Å². The maximum absolute atomic E-state index is 10.9. The smallest absolute Gasteiger partial charge is 0.323 e. The molecule has 0 aliphatic carbocycles. The minimum Gasteiger partial charge on any atom is -0.323 e. The summed E-state index contributed by atoms with van der Waals surface area (Å²) in [7, 11) is 1.50. The second-order valence-electron chi connectivity index (χ2n) is 3.28. The lowest BCUT2D eigenvalue weighted by atomic mass is 10.1. The van der Waals surface area contributed by atoms with Gasteiger partial charge in [0, 0.05) is 7.05 Å². The molecular formula is C12H16N2O2. The van der Waals surface area contributed by atoms with E-state index in [1.54, 1.807) is 0 Å². The maximum atomic E-state index is 10.9. The fourth-order valence-corrected chi connectivity index (χ4v) is 1.25. The molecular weight excluding hydrogens is 204 g/mol. The highest BCUT2D eigenvalue weighted by Gasteiger charge is 2.04. The average Bonchev–Trinajstić information content (AvgIpc) is 2.35. The molecule has 1 aromatic carbocycles. The first-order chi connectivity index (χ1) is 7.77. The highest BCUT2D eigenvalue weighted by Crippen LogP contribution is 2.06. The van der Waals surface area contributed by atoms with Crippen LogP contribution in [0.5, 0.6) is 0 Å². The van der Waals surface area contributed by atoms with Crippen molar-refractivity contribution in [3.8, 4) is 0 Å². The Hall–Kier alpha value is -1.84. The summed E-state index contributed by atoms with van der Waals surface area (Å²) in [6, 6.07) is 9.69. The molecule has 0 fully saturated rings. The second-order valence-corrected chi connectivity index (χ2v) is 3.28. The van der Waals surface area contributed by atoms with E-state index in [2.05, 4.69) is 17.4 Å². The third kappa shape index (κ3) is 3.73. The van der Waals surface area contributed by atoms with Crippen LogP contribution in [0.25, 0.3) is 0 Å². The van der Waals surface area contributed by atoms with E-state index in [9.17, 15) is 4.79 Å². The molecule has 0 spiro atoms. The Kier molecular flexibility index (Phi) is 5.05. The third-order valence-corrected chi connectivity index (χ3v) is 2.04. The zero-order valence-electron chi connectivity index (χ0n) is 9.56.